The van der Waals surface area contributed by atoms with Gasteiger partial charge >= 0.3 is 0 Å². The number of rotatable bonds is 6. The van der Waals surface area contributed by atoms with Crippen LogP contribution >= 0.6 is 0 Å². The average molecular weight is 289 g/mol. The first kappa shape index (κ1) is 16.3. The van der Waals surface area contributed by atoms with Crippen molar-refractivity contribution in [2.45, 2.75) is 12.5 Å². The molecule has 1 atom stereocenters. The summed E-state index contributed by atoms with van der Waals surface area (Å²) in [4.78, 5) is 1.85. The Hall–Kier alpha value is -1.80. The molecule has 1 unspecified atom stereocenters. The number of halogens is 3. The van der Waals surface area contributed by atoms with Crippen molar-refractivity contribution < 1.29 is 13.2 Å². The maximum atomic E-state index is 13.8. The van der Waals surface area contributed by atoms with E-state index in [1.165, 1.54) is 0 Å². The van der Waals surface area contributed by atoms with Crippen LogP contribution in [0, 0.1) is 17.5 Å². The summed E-state index contributed by atoms with van der Waals surface area (Å²) in [6, 6.07) is 0.525. The maximum Gasteiger partial charge on any atom is 0.161 e. The van der Waals surface area contributed by atoms with Crippen molar-refractivity contribution in [3.05, 3.63) is 35.1 Å². The topological polar surface area (TPSA) is 70.9 Å². The third-order valence-electron chi connectivity index (χ3n) is 2.77. The minimum absolute atomic E-state index is 0.0705. The lowest BCUT2D eigenvalue weighted by Crippen LogP contribution is -2.33. The molecule has 0 fully saturated rings. The molecular formula is C12H18F3N5. The third-order valence-corrected chi connectivity index (χ3v) is 2.77. The first-order valence-corrected chi connectivity index (χ1v) is 5.94. The van der Waals surface area contributed by atoms with E-state index in [1.54, 1.807) is 0 Å². The summed E-state index contributed by atoms with van der Waals surface area (Å²) in [5.41, 5.74) is 5.07. The second kappa shape index (κ2) is 7.11. The lowest BCUT2D eigenvalue weighted by molar-refractivity contribution is 0.183. The van der Waals surface area contributed by atoms with E-state index in [9.17, 15) is 13.2 Å². The van der Waals surface area contributed by atoms with E-state index in [1.807, 2.05) is 19.0 Å². The Morgan fingerprint density at radius 2 is 1.80 bits per heavy atom. The summed E-state index contributed by atoms with van der Waals surface area (Å²) in [6.45, 7) is 0.552. The SMILES string of the molecule is CN(C)CCC(c1cc(F)c(F)cc1F)N(N)/N=C\N. The normalized spacial score (nSPS) is 13.2. The molecule has 0 aliphatic carbocycles. The van der Waals surface area contributed by atoms with Gasteiger partial charge in [0.2, 0.25) is 0 Å². The van der Waals surface area contributed by atoms with Gasteiger partial charge in [-0.15, -0.1) is 0 Å². The van der Waals surface area contributed by atoms with Crippen LogP contribution in [0.1, 0.15) is 18.0 Å². The molecule has 5 nitrogen and oxygen atoms in total. The Balaban J connectivity index is 3.12. The van der Waals surface area contributed by atoms with Gasteiger partial charge in [-0.25, -0.2) is 24.1 Å². The van der Waals surface area contributed by atoms with E-state index in [0.29, 0.717) is 19.0 Å². The maximum absolute atomic E-state index is 13.8. The molecule has 0 amide bonds. The fraction of sp³-hybridized carbons (Fsp3) is 0.417. The highest BCUT2D eigenvalue weighted by Crippen LogP contribution is 2.26. The molecule has 1 rings (SSSR count). The summed E-state index contributed by atoms with van der Waals surface area (Å²) >= 11 is 0. The molecule has 1 aromatic rings. The summed E-state index contributed by atoms with van der Waals surface area (Å²) in [5.74, 6) is 2.39. The molecule has 1 aromatic carbocycles. The van der Waals surface area contributed by atoms with Crippen molar-refractivity contribution in [1.29, 1.82) is 0 Å². The van der Waals surface area contributed by atoms with Crippen molar-refractivity contribution in [3.63, 3.8) is 0 Å². The van der Waals surface area contributed by atoms with Gasteiger partial charge < -0.3 is 10.6 Å². The molecule has 0 radical (unpaired) electrons. The molecule has 0 spiro atoms. The fourth-order valence-corrected chi connectivity index (χ4v) is 1.76. The van der Waals surface area contributed by atoms with Crippen LogP contribution in [0.3, 0.4) is 0 Å². The lowest BCUT2D eigenvalue weighted by atomic mass is 10.0. The minimum Gasteiger partial charge on any atom is -0.388 e. The Morgan fingerprint density at radius 1 is 1.20 bits per heavy atom. The van der Waals surface area contributed by atoms with Crippen molar-refractivity contribution in [2.75, 3.05) is 20.6 Å². The number of benzene rings is 1. The van der Waals surface area contributed by atoms with Crippen molar-refractivity contribution >= 4 is 6.34 Å². The highest BCUT2D eigenvalue weighted by molar-refractivity contribution is 5.50. The average Bonchev–Trinajstić information content (AvgIpc) is 2.35. The number of hydrogen-bond donors (Lipinski definition) is 2. The lowest BCUT2D eigenvalue weighted by Gasteiger charge is -2.26. The predicted molar refractivity (Wildman–Crippen MR) is 70.9 cm³/mol. The van der Waals surface area contributed by atoms with Crippen LogP contribution in [0.2, 0.25) is 0 Å². The molecule has 0 heterocycles. The number of hydrogen-bond acceptors (Lipinski definition) is 4. The quantitative estimate of drug-likeness (QED) is 0.271. The Kier molecular flexibility index (Phi) is 5.78. The Labute approximate surface area is 115 Å². The van der Waals surface area contributed by atoms with Crippen LogP contribution in [0.15, 0.2) is 17.2 Å². The van der Waals surface area contributed by atoms with Crippen molar-refractivity contribution in [1.82, 2.24) is 10.0 Å². The fourth-order valence-electron chi connectivity index (χ4n) is 1.76. The molecule has 0 bridgehead atoms. The first-order chi connectivity index (χ1) is 9.36. The van der Waals surface area contributed by atoms with Gasteiger partial charge in [0.1, 0.15) is 12.2 Å². The van der Waals surface area contributed by atoms with Crippen LogP contribution in [0.25, 0.3) is 0 Å². The van der Waals surface area contributed by atoms with E-state index in [0.717, 1.165) is 17.5 Å². The molecule has 4 N–H and O–H groups in total. The summed E-state index contributed by atoms with van der Waals surface area (Å²) < 4.78 is 40.1. The van der Waals surface area contributed by atoms with Crippen LogP contribution in [-0.4, -0.2) is 37.0 Å². The van der Waals surface area contributed by atoms with E-state index >= 15 is 0 Å². The summed E-state index contributed by atoms with van der Waals surface area (Å²) in [7, 11) is 3.65. The van der Waals surface area contributed by atoms with E-state index < -0.39 is 23.5 Å². The molecule has 0 aromatic heterocycles. The van der Waals surface area contributed by atoms with E-state index in [-0.39, 0.29) is 5.56 Å². The standard InChI is InChI=1S/C12H18F3N5/c1-19(2)4-3-12(20(17)18-7-16)8-5-10(14)11(15)6-9(8)13/h5-7,12H,3-4,17H2,1-2H3,(H2,16,18). The Morgan fingerprint density at radius 3 is 2.35 bits per heavy atom. The van der Waals surface area contributed by atoms with Crippen molar-refractivity contribution in [2.24, 2.45) is 16.7 Å². The Bertz CT molecular complexity index is 478. The smallest absolute Gasteiger partial charge is 0.161 e. The number of nitrogens with zero attached hydrogens (tertiary/aromatic N) is 3. The van der Waals surface area contributed by atoms with Gasteiger partial charge in [0.05, 0.1) is 6.04 Å². The second-order valence-corrected chi connectivity index (χ2v) is 4.54. The molecule has 8 heteroatoms. The van der Waals surface area contributed by atoms with Gasteiger partial charge in [-0.2, -0.15) is 5.10 Å². The third kappa shape index (κ3) is 4.10. The van der Waals surface area contributed by atoms with E-state index in [2.05, 4.69) is 5.10 Å². The summed E-state index contributed by atoms with van der Waals surface area (Å²) in [5, 5.41) is 4.56. The second-order valence-electron chi connectivity index (χ2n) is 4.54. The van der Waals surface area contributed by atoms with Crippen LogP contribution < -0.4 is 11.6 Å². The largest absolute Gasteiger partial charge is 0.388 e. The van der Waals surface area contributed by atoms with Gasteiger partial charge in [0.25, 0.3) is 0 Å². The van der Waals surface area contributed by atoms with Crippen LogP contribution in [-0.2, 0) is 0 Å². The number of nitrogens with two attached hydrogens (primary N) is 2. The minimum atomic E-state index is -1.25. The molecular weight excluding hydrogens is 271 g/mol. The van der Waals surface area contributed by atoms with Gasteiger partial charge in [-0.05, 0) is 33.1 Å². The van der Waals surface area contributed by atoms with Crippen LogP contribution in [0.5, 0.6) is 0 Å². The van der Waals surface area contributed by atoms with Crippen LogP contribution in [0.4, 0.5) is 13.2 Å². The van der Waals surface area contributed by atoms with Gasteiger partial charge in [0.15, 0.2) is 11.6 Å². The zero-order valence-corrected chi connectivity index (χ0v) is 11.4. The van der Waals surface area contributed by atoms with Gasteiger partial charge in [-0.1, -0.05) is 0 Å². The molecule has 112 valence electrons. The molecule has 0 saturated heterocycles. The number of hydrazine groups is 1. The predicted octanol–water partition coefficient (Wildman–Crippen LogP) is 1.17. The zero-order chi connectivity index (χ0) is 15.3. The van der Waals surface area contributed by atoms with Crippen molar-refractivity contribution in [3.8, 4) is 0 Å². The zero-order valence-electron chi connectivity index (χ0n) is 11.4. The number of hydrazone groups is 1. The highest BCUT2D eigenvalue weighted by Gasteiger charge is 2.23. The first-order valence-electron chi connectivity index (χ1n) is 5.94. The molecule has 0 aliphatic heterocycles. The van der Waals surface area contributed by atoms with E-state index in [4.69, 9.17) is 11.6 Å². The monoisotopic (exact) mass is 289 g/mol. The summed E-state index contributed by atoms with van der Waals surface area (Å²) in [6.07, 6.45) is 1.31. The molecule has 0 saturated carbocycles. The van der Waals surface area contributed by atoms with Gasteiger partial charge in [0, 0.05) is 11.6 Å². The van der Waals surface area contributed by atoms with Gasteiger partial charge in [-0.3, -0.25) is 0 Å². The highest BCUT2D eigenvalue weighted by atomic mass is 19.2. The molecule has 20 heavy (non-hydrogen) atoms. The molecule has 0 aliphatic rings.